The Balaban J connectivity index is 1.71. The molecule has 1 aliphatic rings. The van der Waals surface area contributed by atoms with E-state index in [9.17, 15) is 4.79 Å². The van der Waals surface area contributed by atoms with Crippen LogP contribution in [-0.4, -0.2) is 36.7 Å². The van der Waals surface area contributed by atoms with Crippen molar-refractivity contribution < 1.29 is 9.53 Å². The number of ether oxygens (including phenoxy) is 1. The fourth-order valence-corrected chi connectivity index (χ4v) is 2.17. The van der Waals surface area contributed by atoms with Crippen LogP contribution in [0.2, 0.25) is 0 Å². The van der Waals surface area contributed by atoms with E-state index in [-0.39, 0.29) is 6.09 Å². The second-order valence-corrected chi connectivity index (χ2v) is 4.68. The van der Waals surface area contributed by atoms with Gasteiger partial charge in [-0.3, -0.25) is 4.90 Å². The lowest BCUT2D eigenvalue weighted by atomic mass is 10.3. The van der Waals surface area contributed by atoms with Crippen molar-refractivity contribution in [2.75, 3.05) is 19.6 Å². The molecule has 18 heavy (non-hydrogen) atoms. The van der Waals surface area contributed by atoms with E-state index in [1.165, 1.54) is 12.8 Å². The Morgan fingerprint density at radius 3 is 2.67 bits per heavy atom. The van der Waals surface area contributed by atoms with Gasteiger partial charge in [0.1, 0.15) is 5.75 Å². The van der Waals surface area contributed by atoms with Crippen LogP contribution in [0.3, 0.4) is 0 Å². The molecule has 1 N–H and O–H groups in total. The Labute approximate surface area is 108 Å². The van der Waals surface area contributed by atoms with E-state index >= 15 is 0 Å². The molecule has 98 valence electrons. The lowest BCUT2D eigenvalue weighted by molar-refractivity contribution is 0.192. The zero-order valence-electron chi connectivity index (χ0n) is 10.8. The SMILES string of the molecule is CC(CNC(=O)Oc1ccccc1)N1CCCC1. The van der Waals surface area contributed by atoms with Crippen molar-refractivity contribution in [3.63, 3.8) is 0 Å². The van der Waals surface area contributed by atoms with Crippen LogP contribution in [0, 0.1) is 0 Å². The molecular weight excluding hydrogens is 228 g/mol. The highest BCUT2D eigenvalue weighted by molar-refractivity contribution is 5.70. The highest BCUT2D eigenvalue weighted by Gasteiger charge is 2.18. The van der Waals surface area contributed by atoms with Gasteiger partial charge in [0.25, 0.3) is 0 Å². The summed E-state index contributed by atoms with van der Waals surface area (Å²) in [6.45, 7) is 5.03. The predicted octanol–water partition coefficient (Wildman–Crippen LogP) is 2.26. The lowest BCUT2D eigenvalue weighted by Crippen LogP contribution is -2.41. The third kappa shape index (κ3) is 3.74. The second-order valence-electron chi connectivity index (χ2n) is 4.68. The largest absolute Gasteiger partial charge is 0.412 e. The third-order valence-electron chi connectivity index (χ3n) is 3.26. The van der Waals surface area contributed by atoms with Gasteiger partial charge in [0.15, 0.2) is 0 Å². The van der Waals surface area contributed by atoms with E-state index in [0.29, 0.717) is 18.3 Å². The van der Waals surface area contributed by atoms with Crippen LogP contribution in [0.25, 0.3) is 0 Å². The number of nitrogens with one attached hydrogen (secondary N) is 1. The van der Waals surface area contributed by atoms with E-state index < -0.39 is 0 Å². The predicted molar refractivity (Wildman–Crippen MR) is 70.7 cm³/mol. The molecular formula is C14H20N2O2. The number of para-hydroxylation sites is 1. The summed E-state index contributed by atoms with van der Waals surface area (Å²) in [6, 6.07) is 9.48. The van der Waals surface area contributed by atoms with Gasteiger partial charge in [0, 0.05) is 12.6 Å². The number of hydrogen-bond acceptors (Lipinski definition) is 3. The van der Waals surface area contributed by atoms with Gasteiger partial charge in [-0.25, -0.2) is 4.79 Å². The van der Waals surface area contributed by atoms with E-state index in [1.54, 1.807) is 12.1 Å². The van der Waals surface area contributed by atoms with Gasteiger partial charge < -0.3 is 10.1 Å². The number of amides is 1. The molecule has 1 unspecified atom stereocenters. The number of likely N-dealkylation sites (tertiary alicyclic amines) is 1. The summed E-state index contributed by atoms with van der Waals surface area (Å²) in [5.41, 5.74) is 0. The van der Waals surface area contributed by atoms with Gasteiger partial charge in [-0.15, -0.1) is 0 Å². The summed E-state index contributed by atoms with van der Waals surface area (Å²) in [7, 11) is 0. The van der Waals surface area contributed by atoms with Crippen LogP contribution in [0.4, 0.5) is 4.79 Å². The molecule has 0 aliphatic carbocycles. The molecule has 4 heteroatoms. The summed E-state index contributed by atoms with van der Waals surface area (Å²) >= 11 is 0. The summed E-state index contributed by atoms with van der Waals surface area (Å²) < 4.78 is 5.16. The topological polar surface area (TPSA) is 41.6 Å². The van der Waals surface area contributed by atoms with Gasteiger partial charge >= 0.3 is 6.09 Å². The third-order valence-corrected chi connectivity index (χ3v) is 3.26. The minimum Gasteiger partial charge on any atom is -0.410 e. The Morgan fingerprint density at radius 2 is 2.00 bits per heavy atom. The first-order chi connectivity index (χ1) is 8.75. The molecule has 1 heterocycles. The van der Waals surface area contributed by atoms with E-state index in [0.717, 1.165) is 13.1 Å². The van der Waals surface area contributed by atoms with E-state index in [2.05, 4.69) is 17.1 Å². The van der Waals surface area contributed by atoms with Gasteiger partial charge in [0.2, 0.25) is 0 Å². The first kappa shape index (κ1) is 12.9. The molecule has 1 aromatic carbocycles. The standard InChI is InChI=1S/C14H20N2O2/c1-12(16-9-5-6-10-16)11-15-14(17)18-13-7-3-2-4-8-13/h2-4,7-8,12H,5-6,9-11H2,1H3,(H,15,17). The molecule has 1 amide bonds. The van der Waals surface area contributed by atoms with Crippen molar-refractivity contribution in [1.29, 1.82) is 0 Å². The van der Waals surface area contributed by atoms with E-state index in [4.69, 9.17) is 4.74 Å². The molecule has 0 radical (unpaired) electrons. The molecule has 0 spiro atoms. The average Bonchev–Trinajstić information content (AvgIpc) is 2.91. The molecule has 0 saturated carbocycles. The van der Waals surface area contributed by atoms with Gasteiger partial charge in [-0.05, 0) is 45.0 Å². The van der Waals surface area contributed by atoms with Crippen molar-refractivity contribution in [3.05, 3.63) is 30.3 Å². The molecule has 0 bridgehead atoms. The number of nitrogens with zero attached hydrogens (tertiary/aromatic N) is 1. The minimum absolute atomic E-state index is 0.371. The van der Waals surface area contributed by atoms with Crippen LogP contribution in [0.1, 0.15) is 19.8 Å². The number of carbonyl (C=O) groups excluding carboxylic acids is 1. The highest BCUT2D eigenvalue weighted by Crippen LogP contribution is 2.11. The van der Waals surface area contributed by atoms with Crippen LogP contribution in [-0.2, 0) is 0 Å². The van der Waals surface area contributed by atoms with E-state index in [1.807, 2.05) is 18.2 Å². The summed E-state index contributed by atoms with van der Waals surface area (Å²) in [6.07, 6.45) is 2.14. The fourth-order valence-electron chi connectivity index (χ4n) is 2.17. The molecule has 1 aliphatic heterocycles. The maximum absolute atomic E-state index is 11.6. The number of rotatable bonds is 4. The summed E-state index contributed by atoms with van der Waals surface area (Å²) in [4.78, 5) is 14.0. The molecule has 1 fully saturated rings. The lowest BCUT2D eigenvalue weighted by Gasteiger charge is -2.23. The molecule has 4 nitrogen and oxygen atoms in total. The Morgan fingerprint density at radius 1 is 1.33 bits per heavy atom. The number of carbonyl (C=O) groups is 1. The van der Waals surface area contributed by atoms with Crippen LogP contribution in [0.5, 0.6) is 5.75 Å². The number of benzene rings is 1. The van der Waals surface area contributed by atoms with Gasteiger partial charge in [-0.2, -0.15) is 0 Å². The van der Waals surface area contributed by atoms with Crippen LogP contribution in [0.15, 0.2) is 30.3 Å². The smallest absolute Gasteiger partial charge is 0.410 e. The zero-order valence-corrected chi connectivity index (χ0v) is 10.8. The minimum atomic E-state index is -0.382. The molecule has 1 saturated heterocycles. The second kappa shape index (κ2) is 6.40. The van der Waals surface area contributed by atoms with Gasteiger partial charge in [-0.1, -0.05) is 18.2 Å². The normalized spacial score (nSPS) is 17.4. The van der Waals surface area contributed by atoms with Crippen LogP contribution < -0.4 is 10.1 Å². The number of hydrogen-bond donors (Lipinski definition) is 1. The molecule has 2 rings (SSSR count). The maximum Gasteiger partial charge on any atom is 0.412 e. The first-order valence-corrected chi connectivity index (χ1v) is 6.50. The van der Waals surface area contributed by atoms with Crippen molar-refractivity contribution in [1.82, 2.24) is 10.2 Å². The fraction of sp³-hybridized carbons (Fsp3) is 0.500. The summed E-state index contributed by atoms with van der Waals surface area (Å²) in [5, 5.41) is 2.80. The van der Waals surface area contributed by atoms with Crippen molar-refractivity contribution in [2.24, 2.45) is 0 Å². The first-order valence-electron chi connectivity index (χ1n) is 6.50. The Kier molecular flexibility index (Phi) is 4.59. The Bertz CT molecular complexity index is 375. The van der Waals surface area contributed by atoms with Crippen LogP contribution >= 0.6 is 0 Å². The Hall–Kier alpha value is -1.55. The molecule has 1 aromatic rings. The maximum atomic E-state index is 11.6. The monoisotopic (exact) mass is 248 g/mol. The molecule has 0 aromatic heterocycles. The van der Waals surface area contributed by atoms with Crippen molar-refractivity contribution >= 4 is 6.09 Å². The highest BCUT2D eigenvalue weighted by atomic mass is 16.6. The quantitative estimate of drug-likeness (QED) is 0.888. The molecule has 1 atom stereocenters. The average molecular weight is 248 g/mol. The van der Waals surface area contributed by atoms with Crippen molar-refractivity contribution in [3.8, 4) is 5.75 Å². The zero-order chi connectivity index (χ0) is 12.8. The van der Waals surface area contributed by atoms with Gasteiger partial charge in [0.05, 0.1) is 0 Å². The summed E-state index contributed by atoms with van der Waals surface area (Å²) in [5.74, 6) is 0.573. The van der Waals surface area contributed by atoms with Crippen molar-refractivity contribution in [2.45, 2.75) is 25.8 Å².